The minimum atomic E-state index is -0.386. The van der Waals surface area contributed by atoms with Gasteiger partial charge in [-0.25, -0.2) is 9.07 Å². The zero-order valence-corrected chi connectivity index (χ0v) is 12.4. The first-order valence-corrected chi connectivity index (χ1v) is 6.43. The minimum Gasteiger partial charge on any atom is -0.494 e. The average molecular weight is 329 g/mol. The average Bonchev–Trinajstić information content (AvgIpc) is 2.73. The first-order valence-electron chi connectivity index (χ1n) is 5.64. The van der Waals surface area contributed by atoms with Crippen molar-refractivity contribution in [1.82, 2.24) is 20.3 Å². The fourth-order valence-electron chi connectivity index (χ4n) is 1.96. The van der Waals surface area contributed by atoms with Gasteiger partial charge in [0.25, 0.3) is 0 Å². The molecule has 0 aliphatic carbocycles. The van der Waals surface area contributed by atoms with Gasteiger partial charge in [-0.3, -0.25) is 0 Å². The van der Waals surface area contributed by atoms with Gasteiger partial charge in [-0.05, 0) is 40.7 Å². The van der Waals surface area contributed by atoms with Crippen molar-refractivity contribution in [2.75, 3.05) is 14.2 Å². The molecule has 1 atom stereocenters. The normalized spacial score (nSPS) is 12.5. The summed E-state index contributed by atoms with van der Waals surface area (Å²) in [4.78, 5) is 0. The third-order valence-electron chi connectivity index (χ3n) is 2.90. The Kier molecular flexibility index (Phi) is 4.16. The minimum absolute atomic E-state index is 0.163. The molecule has 0 radical (unpaired) electrons. The number of nitrogens with zero attached hydrogens (tertiary/aromatic N) is 3. The number of aromatic nitrogens is 3. The second-order valence-electron chi connectivity index (χ2n) is 4.00. The maximum atomic E-state index is 13.5. The molecule has 2 rings (SSSR count). The van der Waals surface area contributed by atoms with E-state index in [1.807, 2.05) is 7.05 Å². The highest BCUT2D eigenvalue weighted by atomic mass is 79.9. The number of aryl methyl sites for hydroxylation is 1. The third kappa shape index (κ3) is 2.62. The van der Waals surface area contributed by atoms with Gasteiger partial charge in [0.05, 0.1) is 18.8 Å². The summed E-state index contributed by atoms with van der Waals surface area (Å²) in [6.45, 7) is 0. The van der Waals surface area contributed by atoms with Gasteiger partial charge in [0, 0.05) is 7.05 Å². The van der Waals surface area contributed by atoms with E-state index in [0.29, 0.717) is 4.60 Å². The molecule has 0 spiro atoms. The Bertz CT molecular complexity index is 568. The zero-order chi connectivity index (χ0) is 14.0. The predicted molar refractivity (Wildman–Crippen MR) is 72.6 cm³/mol. The number of ether oxygens (including phenoxy) is 1. The molecular formula is C12H14BrFN4O. The number of methoxy groups -OCH3 is 1. The molecule has 0 amide bonds. The zero-order valence-electron chi connectivity index (χ0n) is 10.8. The molecule has 5 nitrogen and oxygen atoms in total. The summed E-state index contributed by atoms with van der Waals surface area (Å²) in [6.07, 6.45) is 0. The Hall–Kier alpha value is -1.47. The number of hydrogen-bond donors (Lipinski definition) is 1. The molecule has 0 fully saturated rings. The van der Waals surface area contributed by atoms with Crippen LogP contribution < -0.4 is 10.1 Å². The Morgan fingerprint density at radius 2 is 2.21 bits per heavy atom. The van der Waals surface area contributed by atoms with Crippen molar-refractivity contribution in [3.05, 3.63) is 39.9 Å². The van der Waals surface area contributed by atoms with Crippen molar-refractivity contribution in [3.8, 4) is 5.75 Å². The summed E-state index contributed by atoms with van der Waals surface area (Å²) < 4.78 is 20.8. The number of halogens is 2. The van der Waals surface area contributed by atoms with E-state index in [4.69, 9.17) is 4.74 Å². The van der Waals surface area contributed by atoms with Crippen LogP contribution in [0.5, 0.6) is 5.75 Å². The van der Waals surface area contributed by atoms with E-state index in [1.54, 1.807) is 23.9 Å². The topological polar surface area (TPSA) is 52.0 Å². The van der Waals surface area contributed by atoms with Crippen LogP contribution >= 0.6 is 15.9 Å². The van der Waals surface area contributed by atoms with Crippen LogP contribution in [0.1, 0.15) is 17.3 Å². The molecule has 0 saturated carbocycles. The van der Waals surface area contributed by atoms with E-state index >= 15 is 0 Å². The van der Waals surface area contributed by atoms with Crippen LogP contribution in [0.25, 0.3) is 0 Å². The van der Waals surface area contributed by atoms with Crippen LogP contribution in [0.15, 0.2) is 22.8 Å². The lowest BCUT2D eigenvalue weighted by Gasteiger charge is -2.17. The van der Waals surface area contributed by atoms with Crippen LogP contribution in [-0.2, 0) is 7.05 Å². The Morgan fingerprint density at radius 3 is 2.74 bits per heavy atom. The van der Waals surface area contributed by atoms with Crippen molar-refractivity contribution in [2.45, 2.75) is 6.04 Å². The first-order chi connectivity index (χ1) is 9.08. The van der Waals surface area contributed by atoms with Crippen LogP contribution in [0.2, 0.25) is 0 Å². The molecule has 1 heterocycles. The predicted octanol–water partition coefficient (Wildman–Crippen LogP) is 2.03. The fraction of sp³-hybridized carbons (Fsp3) is 0.333. The van der Waals surface area contributed by atoms with Gasteiger partial charge in [0.1, 0.15) is 0 Å². The summed E-state index contributed by atoms with van der Waals surface area (Å²) >= 11 is 3.37. The fourth-order valence-corrected chi connectivity index (χ4v) is 2.52. The van der Waals surface area contributed by atoms with Crippen molar-refractivity contribution in [2.24, 2.45) is 7.05 Å². The van der Waals surface area contributed by atoms with Crippen LogP contribution in [-0.4, -0.2) is 29.2 Å². The summed E-state index contributed by atoms with van der Waals surface area (Å²) in [5.41, 5.74) is 1.73. The van der Waals surface area contributed by atoms with E-state index in [9.17, 15) is 4.39 Å². The molecule has 19 heavy (non-hydrogen) atoms. The van der Waals surface area contributed by atoms with Crippen LogP contribution in [0.4, 0.5) is 4.39 Å². The summed E-state index contributed by atoms with van der Waals surface area (Å²) in [6, 6.07) is 4.59. The molecule has 1 unspecified atom stereocenters. The number of rotatable bonds is 4. The lowest BCUT2D eigenvalue weighted by atomic mass is 10.0. The molecule has 1 N–H and O–H groups in total. The SMILES string of the molecule is CNC(c1ccc(F)c(OC)c1)c1c(Br)nnn1C. The van der Waals surface area contributed by atoms with Crippen molar-refractivity contribution < 1.29 is 9.13 Å². The molecular weight excluding hydrogens is 315 g/mol. The van der Waals surface area contributed by atoms with E-state index in [0.717, 1.165) is 11.3 Å². The second kappa shape index (κ2) is 5.66. The molecule has 102 valence electrons. The molecule has 0 bridgehead atoms. The van der Waals surface area contributed by atoms with E-state index in [2.05, 4.69) is 31.6 Å². The number of nitrogens with one attached hydrogen (secondary N) is 1. The molecule has 0 aliphatic heterocycles. The Balaban J connectivity index is 2.48. The monoisotopic (exact) mass is 328 g/mol. The Morgan fingerprint density at radius 1 is 1.47 bits per heavy atom. The summed E-state index contributed by atoms with van der Waals surface area (Å²) in [5.74, 6) is -0.174. The van der Waals surface area contributed by atoms with Crippen LogP contribution in [0.3, 0.4) is 0 Å². The van der Waals surface area contributed by atoms with Gasteiger partial charge in [-0.2, -0.15) is 0 Å². The molecule has 1 aromatic carbocycles. The molecule has 0 aliphatic rings. The van der Waals surface area contributed by atoms with Gasteiger partial charge in [-0.15, -0.1) is 5.10 Å². The molecule has 0 saturated heterocycles. The third-order valence-corrected chi connectivity index (χ3v) is 3.46. The van der Waals surface area contributed by atoms with Crippen LogP contribution in [0, 0.1) is 5.82 Å². The number of hydrogen-bond acceptors (Lipinski definition) is 4. The van der Waals surface area contributed by atoms with E-state index < -0.39 is 0 Å². The highest BCUT2D eigenvalue weighted by Crippen LogP contribution is 2.29. The van der Waals surface area contributed by atoms with Crippen molar-refractivity contribution in [1.29, 1.82) is 0 Å². The number of benzene rings is 1. The van der Waals surface area contributed by atoms with E-state index in [-0.39, 0.29) is 17.6 Å². The van der Waals surface area contributed by atoms with Crippen molar-refractivity contribution in [3.63, 3.8) is 0 Å². The lowest BCUT2D eigenvalue weighted by molar-refractivity contribution is 0.385. The summed E-state index contributed by atoms with van der Waals surface area (Å²) in [7, 11) is 5.07. The van der Waals surface area contributed by atoms with Gasteiger partial charge in [0.2, 0.25) is 0 Å². The Labute approximate surface area is 118 Å². The lowest BCUT2D eigenvalue weighted by Crippen LogP contribution is -2.21. The second-order valence-corrected chi connectivity index (χ2v) is 4.76. The molecule has 7 heteroatoms. The maximum Gasteiger partial charge on any atom is 0.165 e. The highest BCUT2D eigenvalue weighted by Gasteiger charge is 2.21. The van der Waals surface area contributed by atoms with Gasteiger partial charge in [0.15, 0.2) is 16.2 Å². The van der Waals surface area contributed by atoms with E-state index in [1.165, 1.54) is 13.2 Å². The quantitative estimate of drug-likeness (QED) is 0.933. The smallest absolute Gasteiger partial charge is 0.165 e. The molecule has 2 aromatic rings. The van der Waals surface area contributed by atoms with Crippen molar-refractivity contribution >= 4 is 15.9 Å². The van der Waals surface area contributed by atoms with Gasteiger partial charge >= 0.3 is 0 Å². The first kappa shape index (κ1) is 14.0. The summed E-state index contributed by atoms with van der Waals surface area (Å²) in [5, 5.41) is 11.1. The van der Waals surface area contributed by atoms with Gasteiger partial charge < -0.3 is 10.1 Å². The standard InChI is InChI=1S/C12H14BrFN4O/c1-15-10(11-12(13)16-17-18(11)2)7-4-5-8(14)9(6-7)19-3/h4-6,10,15H,1-3H3. The molecule has 1 aromatic heterocycles. The largest absolute Gasteiger partial charge is 0.494 e. The van der Waals surface area contributed by atoms with Gasteiger partial charge in [-0.1, -0.05) is 11.3 Å². The maximum absolute atomic E-state index is 13.5. The highest BCUT2D eigenvalue weighted by molar-refractivity contribution is 9.10.